The summed E-state index contributed by atoms with van der Waals surface area (Å²) in [6.07, 6.45) is 7.49. The van der Waals surface area contributed by atoms with Crippen LogP contribution < -0.4 is 0 Å². The highest BCUT2D eigenvalue weighted by Crippen LogP contribution is 2.46. The van der Waals surface area contributed by atoms with E-state index in [9.17, 15) is 0 Å². The van der Waals surface area contributed by atoms with E-state index in [0.29, 0.717) is 0 Å². The Morgan fingerprint density at radius 2 is 0.833 bits per heavy atom. The molecule has 9 aromatic rings. The first kappa shape index (κ1) is 36.5. The molecule has 0 amide bonds. The third-order valence-corrected chi connectivity index (χ3v) is 11.9. The van der Waals surface area contributed by atoms with E-state index in [-0.39, 0.29) is 0 Å². The maximum Gasteiger partial charge on any atom is 0.0708 e. The van der Waals surface area contributed by atoms with E-state index in [2.05, 4.69) is 213 Å². The zero-order valence-corrected chi connectivity index (χ0v) is 33.3. The monoisotopic (exact) mass is 763 g/mol. The molecule has 1 aliphatic rings. The van der Waals surface area contributed by atoms with Crippen LogP contribution in [0.2, 0.25) is 0 Å². The third kappa shape index (κ3) is 6.34. The van der Waals surface area contributed by atoms with Crippen LogP contribution >= 0.6 is 0 Å². The van der Waals surface area contributed by atoms with Gasteiger partial charge in [0.2, 0.25) is 0 Å². The molecular formula is C59H41N. The second-order valence-electron chi connectivity index (χ2n) is 15.4. The Morgan fingerprint density at radius 3 is 1.37 bits per heavy atom. The van der Waals surface area contributed by atoms with Crippen molar-refractivity contribution in [2.75, 3.05) is 0 Å². The minimum absolute atomic E-state index is 0.751. The van der Waals surface area contributed by atoms with Gasteiger partial charge < -0.3 is 0 Å². The highest BCUT2D eigenvalue weighted by Gasteiger charge is 2.24. The van der Waals surface area contributed by atoms with Crippen molar-refractivity contribution in [2.24, 2.45) is 4.99 Å². The van der Waals surface area contributed by atoms with Gasteiger partial charge in [-0.3, -0.25) is 4.99 Å². The van der Waals surface area contributed by atoms with Crippen LogP contribution in [0.15, 0.2) is 248 Å². The highest BCUT2D eigenvalue weighted by molar-refractivity contribution is 6.24. The summed E-state index contributed by atoms with van der Waals surface area (Å²) in [6.45, 7) is 16.7. The maximum absolute atomic E-state index is 4.59. The third-order valence-electron chi connectivity index (χ3n) is 11.9. The van der Waals surface area contributed by atoms with Crippen molar-refractivity contribution in [1.82, 2.24) is 0 Å². The zero-order valence-electron chi connectivity index (χ0n) is 33.3. The Hall–Kier alpha value is -7.87. The van der Waals surface area contributed by atoms with Crippen LogP contribution in [0, 0.1) is 0 Å². The van der Waals surface area contributed by atoms with E-state index in [1.807, 2.05) is 12.2 Å². The molecule has 0 saturated heterocycles. The Balaban J connectivity index is 1.19. The fourth-order valence-electron chi connectivity index (χ4n) is 8.91. The molecule has 0 N–H and O–H groups in total. The van der Waals surface area contributed by atoms with Gasteiger partial charge in [-0.05, 0) is 134 Å². The summed E-state index contributed by atoms with van der Waals surface area (Å²) in [5.41, 5.74) is 14.9. The molecule has 9 aromatic carbocycles. The predicted octanol–water partition coefficient (Wildman–Crippen LogP) is 16.2. The summed E-state index contributed by atoms with van der Waals surface area (Å²) in [6, 6.07) is 64.3. The first-order chi connectivity index (χ1) is 29.5. The molecule has 0 fully saturated rings. The second-order valence-corrected chi connectivity index (χ2v) is 15.4. The van der Waals surface area contributed by atoms with Gasteiger partial charge >= 0.3 is 0 Å². The number of rotatable bonds is 7. The largest absolute Gasteiger partial charge is 0.257 e. The minimum atomic E-state index is 0.751. The van der Waals surface area contributed by atoms with Crippen molar-refractivity contribution >= 4 is 54.4 Å². The van der Waals surface area contributed by atoms with Gasteiger partial charge in [0.25, 0.3) is 0 Å². The number of benzene rings is 9. The van der Waals surface area contributed by atoms with E-state index >= 15 is 0 Å². The lowest BCUT2D eigenvalue weighted by Crippen LogP contribution is -2.11. The predicted molar refractivity (Wildman–Crippen MR) is 260 cm³/mol. The van der Waals surface area contributed by atoms with Crippen molar-refractivity contribution in [3.63, 3.8) is 0 Å². The van der Waals surface area contributed by atoms with Gasteiger partial charge in [0, 0.05) is 11.8 Å². The average molecular weight is 764 g/mol. The first-order valence-corrected chi connectivity index (χ1v) is 20.3. The van der Waals surface area contributed by atoms with Gasteiger partial charge in [-0.15, -0.1) is 0 Å². The normalized spacial score (nSPS) is 14.4. The van der Waals surface area contributed by atoms with E-state index in [1.54, 1.807) is 6.20 Å². The van der Waals surface area contributed by atoms with E-state index in [4.69, 9.17) is 0 Å². The maximum atomic E-state index is 4.59. The molecule has 0 unspecified atom stereocenters. The summed E-state index contributed by atoms with van der Waals surface area (Å²) in [7, 11) is 0. The van der Waals surface area contributed by atoms with Gasteiger partial charge in [-0.1, -0.05) is 196 Å². The first-order valence-electron chi connectivity index (χ1n) is 20.3. The number of allylic oxidation sites excluding steroid dienone is 7. The smallest absolute Gasteiger partial charge is 0.0708 e. The minimum Gasteiger partial charge on any atom is -0.257 e. The van der Waals surface area contributed by atoms with Gasteiger partial charge in [0.05, 0.1) is 5.71 Å². The molecule has 10 rings (SSSR count). The lowest BCUT2D eigenvalue weighted by molar-refractivity contribution is 1.45. The van der Waals surface area contributed by atoms with Crippen molar-refractivity contribution in [3.8, 4) is 44.5 Å². The number of aliphatic imine (C=N–C) groups is 1. The fraction of sp³-hybridized carbons (Fsp3) is 0. The summed E-state index contributed by atoms with van der Waals surface area (Å²) in [5.74, 6) is 0. The molecule has 0 aliphatic heterocycles. The molecule has 0 aromatic heterocycles. The topological polar surface area (TPSA) is 12.4 Å². The van der Waals surface area contributed by atoms with Crippen molar-refractivity contribution < 1.29 is 0 Å². The van der Waals surface area contributed by atoms with Crippen LogP contribution in [-0.4, -0.2) is 5.71 Å². The lowest BCUT2D eigenvalue weighted by Gasteiger charge is -2.24. The van der Waals surface area contributed by atoms with Crippen LogP contribution in [0.5, 0.6) is 0 Å². The second kappa shape index (κ2) is 15.1. The number of fused-ring (bicyclic) bond motifs is 4. The van der Waals surface area contributed by atoms with Crippen molar-refractivity contribution in [3.05, 3.63) is 249 Å². The van der Waals surface area contributed by atoms with Gasteiger partial charge in [0.1, 0.15) is 0 Å². The van der Waals surface area contributed by atoms with Crippen molar-refractivity contribution in [1.29, 1.82) is 0 Å². The summed E-state index contributed by atoms with van der Waals surface area (Å²) < 4.78 is 0. The summed E-state index contributed by atoms with van der Waals surface area (Å²) >= 11 is 0. The molecule has 0 bridgehead atoms. The molecule has 0 spiro atoms. The quantitative estimate of drug-likeness (QED) is 0.143. The number of hydrogen-bond acceptors (Lipinski definition) is 1. The average Bonchev–Trinajstić information content (AvgIpc) is 3.30. The van der Waals surface area contributed by atoms with Crippen LogP contribution in [-0.2, 0) is 0 Å². The molecule has 1 heteroatoms. The van der Waals surface area contributed by atoms with Gasteiger partial charge in [0.15, 0.2) is 0 Å². The Labute approximate surface area is 351 Å². The van der Waals surface area contributed by atoms with Crippen LogP contribution in [0.25, 0.3) is 93.2 Å². The molecule has 0 radical (unpaired) electrons. The Bertz CT molecular complexity index is 3350. The highest BCUT2D eigenvalue weighted by atomic mass is 14.7. The number of hydrogen-bond donors (Lipinski definition) is 0. The van der Waals surface area contributed by atoms with Crippen molar-refractivity contribution in [2.45, 2.75) is 0 Å². The van der Waals surface area contributed by atoms with E-state index < -0.39 is 0 Å². The van der Waals surface area contributed by atoms with Crippen LogP contribution in [0.1, 0.15) is 5.56 Å². The molecule has 0 atom stereocenters. The van der Waals surface area contributed by atoms with E-state index in [0.717, 1.165) is 44.5 Å². The number of nitrogens with zero attached hydrogens (tertiary/aromatic N) is 1. The standard InChI is InChI=1S/C59H41N/c1-5-13-51-38(3)39(4)57(60-6-2)37-55(51)50-32-33-54-56(36-50)59(45-28-22-43(23-29-45)49-31-25-41-15-8-10-17-47(41)35-49)53-19-12-11-18-52(53)58(54)44-26-20-42(21-27-44)48-30-24-40-14-7-9-16-46(40)34-48/h5-37H,1-4H2/b51-13+,60-57?. The fourth-order valence-corrected chi connectivity index (χ4v) is 8.91. The molecule has 0 saturated carbocycles. The molecule has 1 aliphatic carbocycles. The lowest BCUT2D eigenvalue weighted by atomic mass is 9.80. The molecule has 282 valence electrons. The van der Waals surface area contributed by atoms with Crippen LogP contribution in [0.3, 0.4) is 0 Å². The molecule has 60 heavy (non-hydrogen) atoms. The van der Waals surface area contributed by atoms with Gasteiger partial charge in [-0.2, -0.15) is 0 Å². The molecule has 0 heterocycles. The molecule has 1 nitrogen and oxygen atoms in total. The van der Waals surface area contributed by atoms with Gasteiger partial charge in [-0.25, -0.2) is 0 Å². The Morgan fingerprint density at radius 1 is 0.383 bits per heavy atom. The zero-order chi connectivity index (χ0) is 40.7. The summed E-state index contributed by atoms with van der Waals surface area (Å²) in [4.78, 5) is 4.59. The molecular weight excluding hydrogens is 723 g/mol. The van der Waals surface area contributed by atoms with E-state index in [1.165, 1.54) is 76.6 Å². The summed E-state index contributed by atoms with van der Waals surface area (Å²) in [5, 5.41) is 9.70. The SMILES string of the molecule is C=C/C=C1\C(=C)C(=C)C(=NC=C)C=C1c1ccc2c(-c3ccc(-c4ccc5ccccc5c4)cc3)c3ccccc3c(-c3ccc(-c4ccc5ccccc5c4)cc3)c2c1. The van der Waals surface area contributed by atoms with Crippen LogP contribution in [0.4, 0.5) is 0 Å². The Kier molecular flexibility index (Phi) is 9.20.